The fraction of sp³-hybridized carbons (Fsp3) is 0.286. The van der Waals surface area contributed by atoms with Crippen LogP contribution in [0.25, 0.3) is 33.7 Å². The molecule has 7 nitrogen and oxygen atoms in total. The number of benzene rings is 1. The molecule has 1 unspecified atom stereocenters. The average Bonchev–Trinajstić information content (AvgIpc) is 3.69. The van der Waals surface area contributed by atoms with Crippen LogP contribution in [0.5, 0.6) is 0 Å². The number of fused-ring (bicyclic) bond motifs is 2. The number of pyridine rings is 2. The van der Waals surface area contributed by atoms with Crippen molar-refractivity contribution in [3.63, 3.8) is 0 Å². The lowest BCUT2D eigenvalue weighted by Crippen LogP contribution is -2.49. The number of imidazole rings is 1. The lowest BCUT2D eigenvalue weighted by molar-refractivity contribution is 0.209. The van der Waals surface area contributed by atoms with Crippen LogP contribution >= 0.6 is 11.6 Å². The molecular weight excluding hydrogens is 489 g/mol. The van der Waals surface area contributed by atoms with Crippen molar-refractivity contribution in [2.75, 3.05) is 24.5 Å². The van der Waals surface area contributed by atoms with E-state index in [4.69, 9.17) is 21.7 Å². The molecule has 1 saturated heterocycles. The molecule has 1 atom stereocenters. The molecule has 4 aromatic rings. The standard InChI is InChI=1S/C28H25ClFN7/c29-18-5-6-22(30)21(11-18)27-28(33-16-32-27)24-8-7-23-26(34-24)12-19(14-31-23)36-9-10-37-20(15-36)13-25(35-37)17-3-1-2-4-17/h3,5-8,11-12,14,16,20H,1-2,4,9-10,13,15H2,(H,32,33). The molecule has 1 aliphatic carbocycles. The quantitative estimate of drug-likeness (QED) is 0.371. The molecule has 9 heteroatoms. The van der Waals surface area contributed by atoms with Gasteiger partial charge in [0.25, 0.3) is 0 Å². The lowest BCUT2D eigenvalue weighted by Gasteiger charge is -2.37. The highest BCUT2D eigenvalue weighted by molar-refractivity contribution is 6.30. The van der Waals surface area contributed by atoms with Gasteiger partial charge < -0.3 is 9.88 Å². The van der Waals surface area contributed by atoms with E-state index >= 15 is 0 Å². The number of nitrogens with one attached hydrogen (secondary N) is 1. The normalized spacial score (nSPS) is 19.4. The number of rotatable bonds is 4. The number of hydrazone groups is 1. The number of anilines is 1. The van der Waals surface area contributed by atoms with Gasteiger partial charge in [-0.3, -0.25) is 9.99 Å². The summed E-state index contributed by atoms with van der Waals surface area (Å²) in [5, 5.41) is 7.66. The molecule has 0 saturated carbocycles. The summed E-state index contributed by atoms with van der Waals surface area (Å²) >= 11 is 6.13. The minimum absolute atomic E-state index is 0.335. The largest absolute Gasteiger partial charge is 0.366 e. The highest BCUT2D eigenvalue weighted by Gasteiger charge is 2.33. The number of allylic oxidation sites excluding steroid dienone is 2. The Morgan fingerprint density at radius 2 is 2.00 bits per heavy atom. The van der Waals surface area contributed by atoms with E-state index in [0.29, 0.717) is 33.7 Å². The molecule has 2 aliphatic heterocycles. The van der Waals surface area contributed by atoms with Crippen LogP contribution in [0.2, 0.25) is 5.02 Å². The van der Waals surface area contributed by atoms with Gasteiger partial charge in [0.1, 0.15) is 11.5 Å². The molecule has 3 aliphatic rings. The van der Waals surface area contributed by atoms with E-state index in [2.05, 4.69) is 37.0 Å². The van der Waals surface area contributed by atoms with Gasteiger partial charge in [-0.2, -0.15) is 5.10 Å². The number of H-pyrrole nitrogens is 1. The fourth-order valence-corrected chi connectivity index (χ4v) is 5.78. The van der Waals surface area contributed by atoms with Crippen molar-refractivity contribution >= 4 is 34.0 Å². The molecule has 0 amide bonds. The van der Waals surface area contributed by atoms with Crippen LogP contribution in [-0.4, -0.2) is 56.3 Å². The molecule has 5 heterocycles. The van der Waals surface area contributed by atoms with Crippen molar-refractivity contribution in [2.24, 2.45) is 5.10 Å². The first kappa shape index (κ1) is 22.4. The number of piperazine rings is 1. The summed E-state index contributed by atoms with van der Waals surface area (Å²) in [5.41, 5.74) is 7.48. The second-order valence-corrected chi connectivity index (χ2v) is 10.3. The Kier molecular flexibility index (Phi) is 5.43. The minimum Gasteiger partial charge on any atom is -0.366 e. The molecule has 1 aromatic carbocycles. The maximum atomic E-state index is 14.6. The summed E-state index contributed by atoms with van der Waals surface area (Å²) in [6.45, 7) is 2.69. The smallest absolute Gasteiger partial charge is 0.132 e. The zero-order valence-corrected chi connectivity index (χ0v) is 20.9. The van der Waals surface area contributed by atoms with Crippen LogP contribution in [0.15, 0.2) is 65.7 Å². The van der Waals surface area contributed by atoms with Crippen LogP contribution in [0.1, 0.15) is 25.7 Å². The van der Waals surface area contributed by atoms with E-state index in [1.54, 1.807) is 12.4 Å². The third kappa shape index (κ3) is 4.05. The lowest BCUT2D eigenvalue weighted by atomic mass is 10.0. The van der Waals surface area contributed by atoms with Gasteiger partial charge in [0.15, 0.2) is 0 Å². The number of halogens is 2. The van der Waals surface area contributed by atoms with E-state index in [0.717, 1.165) is 49.2 Å². The Morgan fingerprint density at radius 1 is 1.05 bits per heavy atom. The van der Waals surface area contributed by atoms with E-state index < -0.39 is 0 Å². The van der Waals surface area contributed by atoms with Crippen LogP contribution in [0, 0.1) is 5.82 Å². The van der Waals surface area contributed by atoms with Crippen molar-refractivity contribution in [1.82, 2.24) is 24.9 Å². The monoisotopic (exact) mass is 513 g/mol. The summed E-state index contributed by atoms with van der Waals surface area (Å²) in [6.07, 6.45) is 10.4. The number of aromatic amines is 1. The Bertz CT molecular complexity index is 1580. The molecule has 0 spiro atoms. The summed E-state index contributed by atoms with van der Waals surface area (Å²) in [5.74, 6) is -0.384. The zero-order chi connectivity index (χ0) is 24.9. The fourth-order valence-electron chi connectivity index (χ4n) is 5.61. The highest BCUT2D eigenvalue weighted by atomic mass is 35.5. The van der Waals surface area contributed by atoms with Crippen LogP contribution in [0.4, 0.5) is 10.1 Å². The van der Waals surface area contributed by atoms with E-state index in [1.807, 2.05) is 18.3 Å². The van der Waals surface area contributed by atoms with Gasteiger partial charge in [0.2, 0.25) is 0 Å². The number of aromatic nitrogens is 4. The van der Waals surface area contributed by atoms with Gasteiger partial charge in [-0.25, -0.2) is 14.4 Å². The maximum absolute atomic E-state index is 14.6. The van der Waals surface area contributed by atoms with Crippen molar-refractivity contribution in [1.29, 1.82) is 0 Å². The second-order valence-electron chi connectivity index (χ2n) is 9.81. The number of hydrogen-bond donors (Lipinski definition) is 1. The first-order valence-electron chi connectivity index (χ1n) is 12.7. The molecule has 1 fully saturated rings. The zero-order valence-electron chi connectivity index (χ0n) is 20.2. The predicted molar refractivity (Wildman–Crippen MR) is 144 cm³/mol. The topological polar surface area (TPSA) is 73.3 Å². The predicted octanol–water partition coefficient (Wildman–Crippen LogP) is 5.84. The van der Waals surface area contributed by atoms with Crippen molar-refractivity contribution in [3.8, 4) is 22.6 Å². The van der Waals surface area contributed by atoms with Crippen molar-refractivity contribution < 1.29 is 4.39 Å². The van der Waals surface area contributed by atoms with Crippen LogP contribution in [0.3, 0.4) is 0 Å². The maximum Gasteiger partial charge on any atom is 0.132 e. The van der Waals surface area contributed by atoms with Gasteiger partial charge in [-0.1, -0.05) is 17.7 Å². The summed E-state index contributed by atoms with van der Waals surface area (Å²) < 4.78 is 14.6. The molecule has 186 valence electrons. The molecule has 37 heavy (non-hydrogen) atoms. The summed E-state index contributed by atoms with van der Waals surface area (Å²) in [6, 6.07) is 10.8. The summed E-state index contributed by atoms with van der Waals surface area (Å²) in [4.78, 5) is 19.4. The molecule has 1 N–H and O–H groups in total. The molecule has 0 bridgehead atoms. The molecular formula is C28H25ClFN7. The first-order chi connectivity index (χ1) is 18.1. The van der Waals surface area contributed by atoms with Gasteiger partial charge in [-0.05, 0) is 61.2 Å². The Morgan fingerprint density at radius 3 is 2.89 bits per heavy atom. The third-order valence-electron chi connectivity index (χ3n) is 7.51. The van der Waals surface area contributed by atoms with Crippen LogP contribution < -0.4 is 4.90 Å². The molecule has 3 aromatic heterocycles. The summed E-state index contributed by atoms with van der Waals surface area (Å²) in [7, 11) is 0. The number of nitrogens with zero attached hydrogens (tertiary/aromatic N) is 6. The average molecular weight is 514 g/mol. The van der Waals surface area contributed by atoms with Gasteiger partial charge >= 0.3 is 0 Å². The molecule has 0 radical (unpaired) electrons. The molecule has 7 rings (SSSR count). The minimum atomic E-state index is -0.384. The second kappa shape index (κ2) is 8.95. The SMILES string of the molecule is Fc1ccc(Cl)cc1-c1nc[nH]c1-c1ccc2ncc(N3CCN4N=C(C5=CCCC5)CC4C3)cc2n1. The van der Waals surface area contributed by atoms with E-state index in [-0.39, 0.29) is 5.82 Å². The Balaban J connectivity index is 1.17. The Hall–Kier alpha value is -3.78. The highest BCUT2D eigenvalue weighted by Crippen LogP contribution is 2.33. The van der Waals surface area contributed by atoms with Crippen molar-refractivity contribution in [2.45, 2.75) is 31.7 Å². The van der Waals surface area contributed by atoms with Crippen LogP contribution in [-0.2, 0) is 0 Å². The third-order valence-corrected chi connectivity index (χ3v) is 7.74. The number of hydrogen-bond acceptors (Lipinski definition) is 6. The first-order valence-corrected chi connectivity index (χ1v) is 13.0. The van der Waals surface area contributed by atoms with Gasteiger partial charge in [-0.15, -0.1) is 0 Å². The van der Waals surface area contributed by atoms with Gasteiger partial charge in [0, 0.05) is 30.1 Å². The Labute approximate surface area is 218 Å². The van der Waals surface area contributed by atoms with Crippen molar-refractivity contribution in [3.05, 3.63) is 71.4 Å². The van der Waals surface area contributed by atoms with Gasteiger partial charge in [0.05, 0.1) is 58.9 Å². The van der Waals surface area contributed by atoms with E-state index in [9.17, 15) is 4.39 Å². The van der Waals surface area contributed by atoms with E-state index in [1.165, 1.54) is 36.3 Å².